The minimum atomic E-state index is -1.25. The molecule has 190 valence electrons. The number of hydrogen-bond donors (Lipinski definition) is 4. The van der Waals surface area contributed by atoms with Crippen molar-refractivity contribution in [1.29, 1.82) is 0 Å². The first-order valence-electron chi connectivity index (χ1n) is 12.3. The number of pyridine rings is 1. The van der Waals surface area contributed by atoms with Crippen molar-refractivity contribution in [2.24, 2.45) is 5.92 Å². The van der Waals surface area contributed by atoms with Gasteiger partial charge in [0.1, 0.15) is 17.3 Å². The molecule has 1 aliphatic heterocycles. The van der Waals surface area contributed by atoms with Crippen molar-refractivity contribution in [2.45, 2.75) is 32.6 Å². The summed E-state index contributed by atoms with van der Waals surface area (Å²) in [5, 5.41) is 25.5. The normalized spacial score (nSPS) is 16.1. The molecule has 0 aliphatic carbocycles. The smallest absolute Gasteiger partial charge is 0.229 e. The molecule has 5 rings (SSSR count). The summed E-state index contributed by atoms with van der Waals surface area (Å²) in [7, 11) is 0. The number of hydrogen-bond acceptors (Lipinski definition) is 10. The molecule has 4 aromatic rings. The van der Waals surface area contributed by atoms with E-state index in [2.05, 4.69) is 52.6 Å². The number of aryl methyl sites for hydroxylation is 1. The highest BCUT2D eigenvalue weighted by atomic mass is 16.5. The SMILES string of the molecule is Cc1cccc(-c2nccc(Nc3ccnc(Nc4ccc(CN5CCCC(C(O)O)C5)cc4)n3)n2)n1. The monoisotopic (exact) mass is 498 g/mol. The van der Waals surface area contributed by atoms with Crippen LogP contribution in [0.5, 0.6) is 0 Å². The topological polar surface area (TPSA) is 132 Å². The Morgan fingerprint density at radius 3 is 2.49 bits per heavy atom. The lowest BCUT2D eigenvalue weighted by Crippen LogP contribution is -2.39. The third kappa shape index (κ3) is 6.62. The Morgan fingerprint density at radius 1 is 0.919 bits per heavy atom. The molecule has 10 nitrogen and oxygen atoms in total. The van der Waals surface area contributed by atoms with Gasteiger partial charge < -0.3 is 20.8 Å². The molecule has 4 N–H and O–H groups in total. The maximum atomic E-state index is 9.50. The van der Waals surface area contributed by atoms with Crippen LogP contribution in [0.25, 0.3) is 11.5 Å². The Morgan fingerprint density at radius 2 is 1.70 bits per heavy atom. The number of nitrogens with one attached hydrogen (secondary N) is 2. The first-order valence-corrected chi connectivity index (χ1v) is 12.3. The van der Waals surface area contributed by atoms with Gasteiger partial charge >= 0.3 is 0 Å². The van der Waals surface area contributed by atoms with Crippen molar-refractivity contribution in [3.05, 3.63) is 78.2 Å². The molecule has 1 aliphatic rings. The molecule has 1 unspecified atom stereocenters. The lowest BCUT2D eigenvalue weighted by Gasteiger charge is -2.33. The van der Waals surface area contributed by atoms with Crippen LogP contribution in [0.1, 0.15) is 24.1 Å². The van der Waals surface area contributed by atoms with Gasteiger partial charge in [-0.15, -0.1) is 0 Å². The van der Waals surface area contributed by atoms with E-state index in [4.69, 9.17) is 0 Å². The number of piperidine rings is 1. The van der Waals surface area contributed by atoms with Gasteiger partial charge in [-0.1, -0.05) is 18.2 Å². The second-order valence-corrected chi connectivity index (χ2v) is 9.19. The zero-order chi connectivity index (χ0) is 25.6. The molecular formula is C27H30N8O2. The van der Waals surface area contributed by atoms with Crippen LogP contribution in [0.15, 0.2) is 67.0 Å². The van der Waals surface area contributed by atoms with Crippen LogP contribution < -0.4 is 10.6 Å². The third-order valence-electron chi connectivity index (χ3n) is 6.26. The summed E-state index contributed by atoms with van der Waals surface area (Å²) in [5.41, 5.74) is 3.65. The zero-order valence-electron chi connectivity index (χ0n) is 20.6. The van der Waals surface area contributed by atoms with E-state index in [1.165, 1.54) is 0 Å². The van der Waals surface area contributed by atoms with Gasteiger partial charge in [-0.3, -0.25) is 4.90 Å². The second kappa shape index (κ2) is 11.4. The van der Waals surface area contributed by atoms with E-state index < -0.39 is 6.29 Å². The van der Waals surface area contributed by atoms with Crippen molar-refractivity contribution in [2.75, 3.05) is 23.7 Å². The molecule has 4 heterocycles. The molecule has 1 saturated heterocycles. The standard InChI is InChI=1S/C27H30N8O2/c1-18-4-2-6-22(30-18)25-28-13-11-23(33-25)32-24-12-14-29-27(34-24)31-21-9-7-19(8-10-21)16-35-15-3-5-20(17-35)26(36)37/h2,4,6-14,20,26,36-37H,3,5,15-17H2,1H3,(H2,28,29,31,32,33,34). The average molecular weight is 499 g/mol. The van der Waals surface area contributed by atoms with E-state index in [0.29, 0.717) is 35.6 Å². The van der Waals surface area contributed by atoms with Gasteiger partial charge in [0, 0.05) is 42.8 Å². The molecule has 0 saturated carbocycles. The molecule has 0 bridgehead atoms. The minimum absolute atomic E-state index is 0.0825. The van der Waals surface area contributed by atoms with Crippen molar-refractivity contribution < 1.29 is 10.2 Å². The maximum absolute atomic E-state index is 9.50. The summed E-state index contributed by atoms with van der Waals surface area (Å²) in [6, 6.07) is 17.4. The summed E-state index contributed by atoms with van der Waals surface area (Å²) in [6.07, 6.45) is 3.95. The van der Waals surface area contributed by atoms with Gasteiger partial charge in [0.2, 0.25) is 5.95 Å². The first kappa shape index (κ1) is 24.7. The molecule has 0 radical (unpaired) electrons. The van der Waals surface area contributed by atoms with Crippen LogP contribution in [0.2, 0.25) is 0 Å². The number of rotatable bonds is 8. The molecule has 1 fully saturated rings. The highest BCUT2D eigenvalue weighted by Crippen LogP contribution is 2.22. The number of likely N-dealkylation sites (tertiary alicyclic amines) is 1. The molecule has 1 atom stereocenters. The highest BCUT2D eigenvalue weighted by molar-refractivity contribution is 5.59. The zero-order valence-corrected chi connectivity index (χ0v) is 20.6. The number of nitrogens with zero attached hydrogens (tertiary/aromatic N) is 6. The van der Waals surface area contributed by atoms with Gasteiger partial charge in [0.05, 0.1) is 0 Å². The van der Waals surface area contributed by atoms with Crippen molar-refractivity contribution in [3.63, 3.8) is 0 Å². The molecule has 0 amide bonds. The summed E-state index contributed by atoms with van der Waals surface area (Å²) in [5.74, 6) is 2.12. The third-order valence-corrected chi connectivity index (χ3v) is 6.26. The quantitative estimate of drug-likeness (QED) is 0.267. The number of aromatic nitrogens is 5. The van der Waals surface area contributed by atoms with Gasteiger partial charge in [0.15, 0.2) is 12.1 Å². The fourth-order valence-corrected chi connectivity index (χ4v) is 4.40. The largest absolute Gasteiger partial charge is 0.368 e. The highest BCUT2D eigenvalue weighted by Gasteiger charge is 2.24. The van der Waals surface area contributed by atoms with E-state index in [-0.39, 0.29) is 5.92 Å². The van der Waals surface area contributed by atoms with Gasteiger partial charge in [0.25, 0.3) is 0 Å². The molecule has 0 spiro atoms. The van der Waals surface area contributed by atoms with Crippen LogP contribution in [0.3, 0.4) is 0 Å². The van der Waals surface area contributed by atoms with E-state index >= 15 is 0 Å². The van der Waals surface area contributed by atoms with E-state index in [0.717, 1.165) is 42.9 Å². The second-order valence-electron chi connectivity index (χ2n) is 9.19. The Kier molecular flexibility index (Phi) is 7.59. The van der Waals surface area contributed by atoms with Gasteiger partial charge in [-0.25, -0.2) is 19.9 Å². The minimum Gasteiger partial charge on any atom is -0.368 e. The molecule has 37 heavy (non-hydrogen) atoms. The lowest BCUT2D eigenvalue weighted by atomic mass is 9.97. The average Bonchev–Trinajstić information content (AvgIpc) is 2.90. The van der Waals surface area contributed by atoms with Crippen molar-refractivity contribution in [3.8, 4) is 11.5 Å². The number of aliphatic hydroxyl groups is 2. The van der Waals surface area contributed by atoms with Crippen LogP contribution in [0, 0.1) is 12.8 Å². The van der Waals surface area contributed by atoms with Crippen LogP contribution in [0.4, 0.5) is 23.3 Å². The van der Waals surface area contributed by atoms with E-state index in [1.807, 2.05) is 37.3 Å². The van der Waals surface area contributed by atoms with Crippen LogP contribution in [-0.4, -0.2) is 59.4 Å². The van der Waals surface area contributed by atoms with Gasteiger partial charge in [-0.2, -0.15) is 4.98 Å². The van der Waals surface area contributed by atoms with Crippen molar-refractivity contribution in [1.82, 2.24) is 29.8 Å². The fraction of sp³-hybridized carbons (Fsp3) is 0.296. The lowest BCUT2D eigenvalue weighted by molar-refractivity contribution is -0.102. The fourth-order valence-electron chi connectivity index (χ4n) is 4.40. The summed E-state index contributed by atoms with van der Waals surface area (Å²) in [4.78, 5) is 24.5. The number of aliphatic hydroxyl groups excluding tert-OH is 1. The summed E-state index contributed by atoms with van der Waals surface area (Å²) < 4.78 is 0. The van der Waals surface area contributed by atoms with Crippen LogP contribution in [-0.2, 0) is 6.54 Å². The molecular weight excluding hydrogens is 468 g/mol. The van der Waals surface area contributed by atoms with Crippen LogP contribution >= 0.6 is 0 Å². The maximum Gasteiger partial charge on any atom is 0.229 e. The predicted molar refractivity (Wildman–Crippen MR) is 141 cm³/mol. The van der Waals surface area contributed by atoms with E-state index in [9.17, 15) is 10.2 Å². The molecule has 10 heteroatoms. The number of anilines is 4. The summed E-state index contributed by atoms with van der Waals surface area (Å²) >= 11 is 0. The molecule has 1 aromatic carbocycles. The predicted octanol–water partition coefficient (Wildman–Crippen LogP) is 3.65. The molecule has 3 aromatic heterocycles. The van der Waals surface area contributed by atoms with Crippen molar-refractivity contribution >= 4 is 23.3 Å². The Labute approximate surface area is 215 Å². The Balaban J connectivity index is 1.21. The van der Waals surface area contributed by atoms with E-state index in [1.54, 1.807) is 24.5 Å². The Hall–Kier alpha value is -3.99. The van der Waals surface area contributed by atoms with Gasteiger partial charge in [-0.05, 0) is 68.3 Å². The number of benzene rings is 1. The summed E-state index contributed by atoms with van der Waals surface area (Å²) in [6.45, 7) is 4.37. The Bertz CT molecular complexity index is 1330. The first-order chi connectivity index (χ1) is 18.0.